The van der Waals surface area contributed by atoms with E-state index in [4.69, 9.17) is 4.74 Å². The van der Waals surface area contributed by atoms with Crippen molar-refractivity contribution in [2.45, 2.75) is 39.8 Å². The molecule has 0 saturated carbocycles. The van der Waals surface area contributed by atoms with E-state index in [-0.39, 0.29) is 12.1 Å². The smallest absolute Gasteiger partial charge is 0.319 e. The lowest BCUT2D eigenvalue weighted by atomic mass is 10.1. The van der Waals surface area contributed by atoms with E-state index in [1.165, 1.54) is 5.56 Å². The molecule has 0 aliphatic carbocycles. The fraction of sp³-hybridized carbons (Fsp3) is 0.444. The molecule has 130 valence electrons. The predicted molar refractivity (Wildman–Crippen MR) is 95.2 cm³/mol. The van der Waals surface area contributed by atoms with Crippen LogP contribution >= 0.6 is 0 Å². The van der Waals surface area contributed by atoms with Crippen LogP contribution in [0.3, 0.4) is 0 Å². The van der Waals surface area contributed by atoms with Crippen LogP contribution in [0.2, 0.25) is 0 Å². The third-order valence-electron chi connectivity index (χ3n) is 4.11. The number of carbonyl (C=O) groups excluding carboxylic acids is 1. The highest BCUT2D eigenvalue weighted by Crippen LogP contribution is 2.16. The first-order chi connectivity index (χ1) is 11.4. The molecule has 1 aromatic carbocycles. The van der Waals surface area contributed by atoms with Gasteiger partial charge in [0.25, 0.3) is 0 Å². The van der Waals surface area contributed by atoms with E-state index >= 15 is 0 Å². The maximum Gasteiger partial charge on any atom is 0.319 e. The minimum absolute atomic E-state index is 0.00110. The second-order valence-electron chi connectivity index (χ2n) is 6.07. The van der Waals surface area contributed by atoms with Crippen molar-refractivity contribution in [1.82, 2.24) is 15.1 Å². The normalized spacial score (nSPS) is 12.0. The number of benzene rings is 1. The summed E-state index contributed by atoms with van der Waals surface area (Å²) in [7, 11) is 3.57. The van der Waals surface area contributed by atoms with E-state index in [1.807, 2.05) is 56.8 Å². The largest absolute Gasteiger partial charge is 0.380 e. The van der Waals surface area contributed by atoms with Crippen molar-refractivity contribution >= 4 is 11.7 Å². The number of methoxy groups -OCH3 is 1. The predicted octanol–water partition coefficient (Wildman–Crippen LogP) is 2.94. The topological polar surface area (TPSA) is 68.2 Å². The molecule has 0 aliphatic rings. The first-order valence-electron chi connectivity index (χ1n) is 8.05. The van der Waals surface area contributed by atoms with E-state index in [0.717, 1.165) is 29.1 Å². The monoisotopic (exact) mass is 330 g/mol. The molecule has 2 rings (SSSR count). The van der Waals surface area contributed by atoms with Crippen LogP contribution in [0.25, 0.3) is 0 Å². The Labute approximate surface area is 143 Å². The number of hydrogen-bond acceptors (Lipinski definition) is 3. The summed E-state index contributed by atoms with van der Waals surface area (Å²) in [5.41, 5.74) is 5.03. The number of aromatic nitrogens is 2. The van der Waals surface area contributed by atoms with Crippen LogP contribution in [-0.4, -0.2) is 29.0 Å². The summed E-state index contributed by atoms with van der Waals surface area (Å²) in [5, 5.41) is 10.3. The van der Waals surface area contributed by atoms with Crippen LogP contribution < -0.4 is 10.6 Å². The van der Waals surface area contributed by atoms with Crippen molar-refractivity contribution in [3.8, 4) is 0 Å². The first kappa shape index (κ1) is 18.0. The third kappa shape index (κ3) is 4.35. The standard InChI is InChI=1S/C18H26N4O2/c1-12(10-16-13(2)21-22(4)14(16)3)19-18(23)20-17-9-7-6-8-15(17)11-24-5/h6-9,12H,10-11H2,1-5H3,(H2,19,20,23)/t12-/m0/s1. The summed E-state index contributed by atoms with van der Waals surface area (Å²) >= 11 is 0. The number of ether oxygens (including phenoxy) is 1. The number of aryl methyl sites for hydroxylation is 2. The van der Waals surface area contributed by atoms with Gasteiger partial charge in [-0.3, -0.25) is 4.68 Å². The average molecular weight is 330 g/mol. The van der Waals surface area contributed by atoms with Crippen molar-refractivity contribution < 1.29 is 9.53 Å². The Balaban J connectivity index is 1.97. The molecule has 24 heavy (non-hydrogen) atoms. The molecule has 1 heterocycles. The Morgan fingerprint density at radius 1 is 1.33 bits per heavy atom. The van der Waals surface area contributed by atoms with E-state index < -0.39 is 0 Å². The number of anilines is 1. The highest BCUT2D eigenvalue weighted by Gasteiger charge is 2.15. The third-order valence-corrected chi connectivity index (χ3v) is 4.11. The van der Waals surface area contributed by atoms with Gasteiger partial charge in [0, 0.05) is 37.1 Å². The lowest BCUT2D eigenvalue weighted by Gasteiger charge is -2.16. The second kappa shape index (κ2) is 7.97. The number of nitrogens with one attached hydrogen (secondary N) is 2. The van der Waals surface area contributed by atoms with Gasteiger partial charge < -0.3 is 15.4 Å². The highest BCUT2D eigenvalue weighted by molar-refractivity contribution is 5.90. The molecule has 2 aromatic rings. The fourth-order valence-corrected chi connectivity index (χ4v) is 2.78. The molecule has 2 N–H and O–H groups in total. The maximum absolute atomic E-state index is 12.3. The molecule has 2 amide bonds. The van der Waals surface area contributed by atoms with Crippen molar-refractivity contribution in [2.24, 2.45) is 7.05 Å². The van der Waals surface area contributed by atoms with E-state index in [2.05, 4.69) is 15.7 Å². The lowest BCUT2D eigenvalue weighted by molar-refractivity contribution is 0.185. The zero-order valence-electron chi connectivity index (χ0n) is 15.0. The highest BCUT2D eigenvalue weighted by atomic mass is 16.5. The molecular weight excluding hydrogens is 304 g/mol. The van der Waals surface area contributed by atoms with Crippen LogP contribution in [-0.2, 0) is 24.8 Å². The SMILES string of the molecule is COCc1ccccc1NC(=O)N[C@@H](C)Cc1c(C)nn(C)c1C. The van der Waals surface area contributed by atoms with Gasteiger partial charge in [-0.25, -0.2) is 4.79 Å². The molecule has 0 bridgehead atoms. The van der Waals surface area contributed by atoms with E-state index in [9.17, 15) is 4.79 Å². The average Bonchev–Trinajstić information content (AvgIpc) is 2.76. The van der Waals surface area contributed by atoms with Crippen molar-refractivity contribution in [3.05, 3.63) is 46.8 Å². The molecule has 0 fully saturated rings. The summed E-state index contributed by atoms with van der Waals surface area (Å²) in [5.74, 6) is 0. The number of carbonyl (C=O) groups is 1. The molecule has 0 spiro atoms. The Hall–Kier alpha value is -2.34. The van der Waals surface area contributed by atoms with Gasteiger partial charge in [-0.15, -0.1) is 0 Å². The number of amides is 2. The fourth-order valence-electron chi connectivity index (χ4n) is 2.78. The molecule has 6 nitrogen and oxygen atoms in total. The van der Waals surface area contributed by atoms with Gasteiger partial charge in [0.2, 0.25) is 0 Å². The second-order valence-corrected chi connectivity index (χ2v) is 6.07. The first-order valence-corrected chi connectivity index (χ1v) is 8.05. The summed E-state index contributed by atoms with van der Waals surface area (Å²) in [6, 6.07) is 7.40. The minimum atomic E-state index is -0.217. The van der Waals surface area contributed by atoms with E-state index in [1.54, 1.807) is 7.11 Å². The Bertz CT molecular complexity index is 709. The zero-order valence-corrected chi connectivity index (χ0v) is 15.0. The summed E-state index contributed by atoms with van der Waals surface area (Å²) in [6.07, 6.45) is 0.749. The van der Waals surface area contributed by atoms with Gasteiger partial charge in [-0.1, -0.05) is 18.2 Å². The number of rotatable bonds is 6. The van der Waals surface area contributed by atoms with Crippen LogP contribution in [0.4, 0.5) is 10.5 Å². The summed E-state index contributed by atoms with van der Waals surface area (Å²) < 4.78 is 7.03. The number of para-hydroxylation sites is 1. The zero-order chi connectivity index (χ0) is 17.7. The molecular formula is C18H26N4O2. The van der Waals surface area contributed by atoms with Crippen molar-refractivity contribution in [3.63, 3.8) is 0 Å². The Morgan fingerprint density at radius 3 is 2.67 bits per heavy atom. The molecule has 1 atom stereocenters. The summed E-state index contributed by atoms with van der Waals surface area (Å²) in [4.78, 5) is 12.3. The van der Waals surface area contributed by atoms with Gasteiger partial charge in [-0.2, -0.15) is 5.10 Å². The lowest BCUT2D eigenvalue weighted by Crippen LogP contribution is -2.37. The Kier molecular flexibility index (Phi) is 5.98. The van der Waals surface area contributed by atoms with Gasteiger partial charge in [0.15, 0.2) is 0 Å². The van der Waals surface area contributed by atoms with Gasteiger partial charge >= 0.3 is 6.03 Å². The van der Waals surface area contributed by atoms with Crippen LogP contribution in [0.15, 0.2) is 24.3 Å². The summed E-state index contributed by atoms with van der Waals surface area (Å²) in [6.45, 7) is 6.49. The maximum atomic E-state index is 12.3. The molecule has 0 saturated heterocycles. The van der Waals surface area contributed by atoms with E-state index in [0.29, 0.717) is 6.61 Å². The minimum Gasteiger partial charge on any atom is -0.380 e. The Morgan fingerprint density at radius 2 is 2.04 bits per heavy atom. The molecule has 1 aromatic heterocycles. The number of hydrogen-bond donors (Lipinski definition) is 2. The number of nitrogens with zero attached hydrogens (tertiary/aromatic N) is 2. The van der Waals surface area contributed by atoms with Gasteiger partial charge in [0.05, 0.1) is 12.3 Å². The van der Waals surface area contributed by atoms with Gasteiger partial charge in [0.1, 0.15) is 0 Å². The van der Waals surface area contributed by atoms with Crippen molar-refractivity contribution in [1.29, 1.82) is 0 Å². The quantitative estimate of drug-likeness (QED) is 0.856. The van der Waals surface area contributed by atoms with Crippen LogP contribution in [0.5, 0.6) is 0 Å². The molecule has 0 aliphatic heterocycles. The van der Waals surface area contributed by atoms with Crippen LogP contribution in [0.1, 0.15) is 29.4 Å². The molecule has 6 heteroatoms. The molecule has 0 radical (unpaired) electrons. The number of urea groups is 1. The van der Waals surface area contributed by atoms with Crippen LogP contribution in [0, 0.1) is 13.8 Å². The van der Waals surface area contributed by atoms with Crippen molar-refractivity contribution in [2.75, 3.05) is 12.4 Å². The van der Waals surface area contributed by atoms with Gasteiger partial charge in [-0.05, 0) is 38.8 Å². The molecule has 0 unspecified atom stereocenters.